The second kappa shape index (κ2) is 8.64. The van der Waals surface area contributed by atoms with Crippen molar-refractivity contribution in [2.45, 2.75) is 13.8 Å². The number of aromatic nitrogens is 1. The van der Waals surface area contributed by atoms with Crippen molar-refractivity contribution in [1.82, 2.24) is 4.98 Å². The van der Waals surface area contributed by atoms with Crippen molar-refractivity contribution in [2.75, 3.05) is 41.3 Å². The highest BCUT2D eigenvalue weighted by Crippen LogP contribution is 2.43. The quantitative estimate of drug-likeness (QED) is 0.391. The van der Waals surface area contributed by atoms with Crippen molar-refractivity contribution in [1.29, 1.82) is 0 Å². The first-order valence-electron chi connectivity index (χ1n) is 7.79. The number of aryl methyl sites for hydroxylation is 2. The Morgan fingerprint density at radius 1 is 1.04 bits per heavy atom. The largest absolute Gasteiger partial charge is 0.496 e. The lowest BCUT2D eigenvalue weighted by Gasteiger charge is -2.19. The third-order valence-electron chi connectivity index (χ3n) is 3.86. The minimum atomic E-state index is -0.00583. The van der Waals surface area contributed by atoms with Crippen molar-refractivity contribution in [3.8, 4) is 17.2 Å². The molecule has 7 heteroatoms. The maximum Gasteiger partial charge on any atom is 0.191 e. The summed E-state index contributed by atoms with van der Waals surface area (Å²) in [4.78, 5) is 16.1. The van der Waals surface area contributed by atoms with Crippen molar-refractivity contribution in [3.63, 3.8) is 0 Å². The van der Waals surface area contributed by atoms with Gasteiger partial charge in [-0.3, -0.25) is 4.79 Å². The number of carbonyl (C=O) groups excluding carboxylic acids is 1. The molecule has 0 saturated carbocycles. The Bertz CT molecular complexity index is 759. The molecule has 0 spiro atoms. The van der Waals surface area contributed by atoms with Gasteiger partial charge in [-0.05, 0) is 31.0 Å². The van der Waals surface area contributed by atoms with Crippen molar-refractivity contribution in [3.05, 3.63) is 22.9 Å². The summed E-state index contributed by atoms with van der Waals surface area (Å²) < 4.78 is 27.0. The van der Waals surface area contributed by atoms with E-state index in [2.05, 4.69) is 4.98 Å². The van der Waals surface area contributed by atoms with Gasteiger partial charge in [0.15, 0.2) is 24.6 Å². The van der Waals surface area contributed by atoms with Crippen molar-refractivity contribution in [2.24, 2.45) is 0 Å². The number of aldehydes is 1. The van der Waals surface area contributed by atoms with E-state index < -0.39 is 0 Å². The fourth-order valence-electron chi connectivity index (χ4n) is 2.49. The predicted octanol–water partition coefficient (Wildman–Crippen LogP) is 2.68. The van der Waals surface area contributed by atoms with E-state index in [1.54, 1.807) is 14.2 Å². The summed E-state index contributed by atoms with van der Waals surface area (Å²) in [6, 6.07) is 1.90. The van der Waals surface area contributed by atoms with E-state index in [-0.39, 0.29) is 24.8 Å². The molecule has 1 aromatic carbocycles. The molecule has 136 valence electrons. The maximum absolute atomic E-state index is 11.6. The molecule has 0 atom stereocenters. The fourth-order valence-corrected chi connectivity index (χ4v) is 2.49. The summed E-state index contributed by atoms with van der Waals surface area (Å²) in [5.41, 5.74) is 2.72. The van der Waals surface area contributed by atoms with Gasteiger partial charge in [-0.2, -0.15) is 0 Å². The van der Waals surface area contributed by atoms with Gasteiger partial charge in [-0.15, -0.1) is 0 Å². The van der Waals surface area contributed by atoms with E-state index in [4.69, 9.17) is 23.7 Å². The summed E-state index contributed by atoms with van der Waals surface area (Å²) in [6.45, 7) is 4.50. The highest BCUT2D eigenvalue weighted by atomic mass is 16.7. The van der Waals surface area contributed by atoms with Gasteiger partial charge < -0.3 is 23.7 Å². The number of ether oxygens (including phenoxy) is 5. The van der Waals surface area contributed by atoms with Crippen molar-refractivity contribution >= 4 is 17.2 Å². The van der Waals surface area contributed by atoms with Crippen LogP contribution >= 0.6 is 0 Å². The molecule has 0 aliphatic carbocycles. The average Bonchev–Trinajstić information content (AvgIpc) is 2.63. The van der Waals surface area contributed by atoms with Crippen LogP contribution < -0.4 is 14.2 Å². The number of pyridine rings is 1. The summed E-state index contributed by atoms with van der Waals surface area (Å²) >= 11 is 0. The van der Waals surface area contributed by atoms with Crippen LogP contribution in [0, 0.1) is 13.8 Å². The molecule has 0 amide bonds. The third-order valence-corrected chi connectivity index (χ3v) is 3.86. The first kappa shape index (κ1) is 19.0. The summed E-state index contributed by atoms with van der Waals surface area (Å²) in [5, 5.41) is 0.640. The van der Waals surface area contributed by atoms with Gasteiger partial charge in [0.1, 0.15) is 18.1 Å². The van der Waals surface area contributed by atoms with Crippen LogP contribution in [0.1, 0.15) is 21.6 Å². The lowest BCUT2D eigenvalue weighted by molar-refractivity contribution is 0.0486. The van der Waals surface area contributed by atoms with Crippen LogP contribution in [0.5, 0.6) is 17.2 Å². The topological polar surface area (TPSA) is 76.1 Å². The number of fused-ring (bicyclic) bond motifs is 1. The molecule has 2 aromatic rings. The molecular weight excluding hydrogens is 326 g/mol. The van der Waals surface area contributed by atoms with Gasteiger partial charge in [0, 0.05) is 14.2 Å². The Balaban J connectivity index is 2.78. The van der Waals surface area contributed by atoms with E-state index in [1.807, 2.05) is 19.9 Å². The van der Waals surface area contributed by atoms with E-state index in [1.165, 1.54) is 7.11 Å². The zero-order chi connectivity index (χ0) is 18.4. The van der Waals surface area contributed by atoms with E-state index in [0.717, 1.165) is 11.1 Å². The third kappa shape index (κ3) is 3.83. The fraction of sp³-hybridized carbons (Fsp3) is 0.444. The number of rotatable bonds is 9. The highest BCUT2D eigenvalue weighted by molar-refractivity contribution is 5.99. The van der Waals surface area contributed by atoms with Crippen LogP contribution in [0.3, 0.4) is 0 Å². The van der Waals surface area contributed by atoms with Gasteiger partial charge in [-0.25, -0.2) is 4.98 Å². The SMILES string of the molecule is COCCOc1c(C=O)nc2c(C)c(C)cc(OC)c2c1OCOC. The number of hydrogen-bond acceptors (Lipinski definition) is 7. The number of benzene rings is 1. The molecule has 0 N–H and O–H groups in total. The molecule has 0 aliphatic rings. The summed E-state index contributed by atoms with van der Waals surface area (Å²) in [5.74, 6) is 1.20. The summed E-state index contributed by atoms with van der Waals surface area (Å²) in [7, 11) is 4.66. The molecule has 0 saturated heterocycles. The first-order valence-corrected chi connectivity index (χ1v) is 7.79. The van der Waals surface area contributed by atoms with Gasteiger partial charge >= 0.3 is 0 Å². The molecule has 1 heterocycles. The zero-order valence-corrected chi connectivity index (χ0v) is 15.2. The Morgan fingerprint density at radius 2 is 1.80 bits per heavy atom. The Morgan fingerprint density at radius 3 is 2.40 bits per heavy atom. The maximum atomic E-state index is 11.6. The van der Waals surface area contributed by atoms with E-state index in [0.29, 0.717) is 35.3 Å². The number of methoxy groups -OCH3 is 3. The van der Waals surface area contributed by atoms with Crippen LogP contribution in [0.25, 0.3) is 10.9 Å². The second-order valence-electron chi connectivity index (χ2n) is 5.41. The molecule has 0 radical (unpaired) electrons. The van der Waals surface area contributed by atoms with Gasteiger partial charge in [0.2, 0.25) is 0 Å². The van der Waals surface area contributed by atoms with Crippen LogP contribution in [-0.4, -0.2) is 52.6 Å². The minimum absolute atomic E-state index is 0.00583. The van der Waals surface area contributed by atoms with Crippen LogP contribution in [0.4, 0.5) is 0 Å². The lowest BCUT2D eigenvalue weighted by atomic mass is 10.0. The standard InChI is InChI=1S/C18H23NO6/c1-11-8-14(23-5)15-16(12(11)2)19-13(9-20)17(24-7-6-21-3)18(15)25-10-22-4/h8-9H,6-7,10H2,1-5H3. The van der Waals surface area contributed by atoms with E-state index in [9.17, 15) is 4.79 Å². The number of hydrogen-bond donors (Lipinski definition) is 0. The molecule has 2 rings (SSSR count). The van der Waals surface area contributed by atoms with E-state index >= 15 is 0 Å². The molecule has 0 aliphatic heterocycles. The van der Waals surface area contributed by atoms with Gasteiger partial charge in [0.25, 0.3) is 0 Å². The summed E-state index contributed by atoms with van der Waals surface area (Å²) in [6.07, 6.45) is 0.648. The lowest BCUT2D eigenvalue weighted by Crippen LogP contribution is -2.11. The van der Waals surface area contributed by atoms with Gasteiger partial charge in [-0.1, -0.05) is 0 Å². The normalized spacial score (nSPS) is 10.8. The molecule has 0 bridgehead atoms. The monoisotopic (exact) mass is 349 g/mol. The first-order chi connectivity index (χ1) is 12.1. The minimum Gasteiger partial charge on any atom is -0.496 e. The zero-order valence-electron chi connectivity index (χ0n) is 15.2. The molecule has 25 heavy (non-hydrogen) atoms. The van der Waals surface area contributed by atoms with Crippen LogP contribution in [-0.2, 0) is 9.47 Å². The Kier molecular flexibility index (Phi) is 6.55. The molecule has 7 nitrogen and oxygen atoms in total. The second-order valence-corrected chi connectivity index (χ2v) is 5.41. The Labute approximate surface area is 146 Å². The highest BCUT2D eigenvalue weighted by Gasteiger charge is 2.23. The molecule has 1 aromatic heterocycles. The Hall–Kier alpha value is -2.38. The molecule has 0 fully saturated rings. The molecule has 0 unspecified atom stereocenters. The van der Waals surface area contributed by atoms with Gasteiger partial charge in [0.05, 0.1) is 24.6 Å². The average molecular weight is 349 g/mol. The number of carbonyl (C=O) groups is 1. The smallest absolute Gasteiger partial charge is 0.191 e. The van der Waals surface area contributed by atoms with Crippen LogP contribution in [0.15, 0.2) is 6.07 Å². The molecular formula is C18H23NO6. The van der Waals surface area contributed by atoms with Crippen molar-refractivity contribution < 1.29 is 28.5 Å². The van der Waals surface area contributed by atoms with Crippen LogP contribution in [0.2, 0.25) is 0 Å². The number of nitrogens with zero attached hydrogens (tertiary/aromatic N) is 1. The predicted molar refractivity (Wildman–Crippen MR) is 93.0 cm³/mol.